The van der Waals surface area contributed by atoms with Gasteiger partial charge in [0.25, 0.3) is 0 Å². The van der Waals surface area contributed by atoms with Crippen LogP contribution in [-0.2, 0) is 16.4 Å². The molecular formula is C17H20N4O2S2. The molecule has 8 heteroatoms. The molecule has 132 valence electrons. The number of hydrogen-bond donors (Lipinski definition) is 2. The molecule has 0 aromatic carbocycles. The Morgan fingerprint density at radius 2 is 1.92 bits per heavy atom. The molecule has 0 fully saturated rings. The molecule has 0 aliphatic carbocycles. The number of nitrogens with zero attached hydrogens (tertiary/aromatic N) is 2. The molecule has 6 nitrogen and oxygen atoms in total. The molecule has 0 saturated carbocycles. The van der Waals surface area contributed by atoms with Gasteiger partial charge in [0.1, 0.15) is 4.21 Å². The zero-order valence-electron chi connectivity index (χ0n) is 14.1. The number of thiophene rings is 1. The largest absolute Gasteiger partial charge is 0.282 e. The average molecular weight is 377 g/mol. The van der Waals surface area contributed by atoms with Crippen molar-refractivity contribution in [2.24, 2.45) is 0 Å². The summed E-state index contributed by atoms with van der Waals surface area (Å²) in [5.74, 6) is 0. The summed E-state index contributed by atoms with van der Waals surface area (Å²) in [7, 11) is -3.48. The van der Waals surface area contributed by atoms with Crippen molar-refractivity contribution in [3.8, 4) is 10.4 Å². The fraction of sp³-hybridized carbons (Fsp3) is 0.294. The third kappa shape index (κ3) is 4.15. The van der Waals surface area contributed by atoms with Gasteiger partial charge in [0, 0.05) is 29.5 Å². The Morgan fingerprint density at radius 3 is 2.60 bits per heavy atom. The number of sulfonamides is 1. The molecule has 2 N–H and O–H groups in total. The first-order valence-electron chi connectivity index (χ1n) is 7.98. The number of aromatic amines is 1. The van der Waals surface area contributed by atoms with Crippen LogP contribution in [-0.4, -0.2) is 30.1 Å². The van der Waals surface area contributed by atoms with E-state index < -0.39 is 10.0 Å². The molecular weight excluding hydrogens is 356 g/mol. The van der Waals surface area contributed by atoms with Gasteiger partial charge in [-0.2, -0.15) is 5.10 Å². The van der Waals surface area contributed by atoms with Gasteiger partial charge in [0.05, 0.1) is 5.69 Å². The molecule has 0 amide bonds. The molecule has 3 aromatic heterocycles. The molecule has 3 aromatic rings. The number of pyridine rings is 1. The fourth-order valence-corrected chi connectivity index (χ4v) is 5.05. The van der Waals surface area contributed by atoms with Crippen LogP contribution in [0.15, 0.2) is 40.9 Å². The van der Waals surface area contributed by atoms with Crippen molar-refractivity contribution in [3.63, 3.8) is 0 Å². The molecule has 0 saturated heterocycles. The predicted molar refractivity (Wildman–Crippen MR) is 99.1 cm³/mol. The van der Waals surface area contributed by atoms with E-state index in [9.17, 15) is 8.42 Å². The van der Waals surface area contributed by atoms with Crippen molar-refractivity contribution in [2.75, 3.05) is 6.54 Å². The maximum absolute atomic E-state index is 12.4. The SMILES string of the molecule is Cc1n[nH]c(C)c1CCCNS(=O)(=O)c1ccc(-c2ccncc2)s1. The van der Waals surface area contributed by atoms with Gasteiger partial charge in [-0.15, -0.1) is 11.3 Å². The van der Waals surface area contributed by atoms with E-state index in [1.807, 2.05) is 32.0 Å². The summed E-state index contributed by atoms with van der Waals surface area (Å²) in [4.78, 5) is 4.89. The molecule has 0 bridgehead atoms. The summed E-state index contributed by atoms with van der Waals surface area (Å²) in [6, 6.07) is 7.20. The van der Waals surface area contributed by atoms with Crippen molar-refractivity contribution < 1.29 is 8.42 Å². The number of aryl methyl sites for hydroxylation is 2. The lowest BCUT2D eigenvalue weighted by Gasteiger charge is -2.05. The van der Waals surface area contributed by atoms with Gasteiger partial charge in [-0.3, -0.25) is 10.1 Å². The van der Waals surface area contributed by atoms with Gasteiger partial charge in [0.2, 0.25) is 10.0 Å². The Balaban J connectivity index is 1.60. The summed E-state index contributed by atoms with van der Waals surface area (Å²) in [5.41, 5.74) is 4.14. The van der Waals surface area contributed by atoms with Crippen LogP contribution in [0.2, 0.25) is 0 Å². The van der Waals surface area contributed by atoms with Crippen molar-refractivity contribution in [3.05, 3.63) is 53.6 Å². The molecule has 3 heterocycles. The second-order valence-electron chi connectivity index (χ2n) is 5.77. The highest BCUT2D eigenvalue weighted by Crippen LogP contribution is 2.30. The van der Waals surface area contributed by atoms with Crippen LogP contribution in [0.3, 0.4) is 0 Å². The number of aromatic nitrogens is 3. The van der Waals surface area contributed by atoms with Crippen LogP contribution in [0.25, 0.3) is 10.4 Å². The van der Waals surface area contributed by atoms with E-state index in [1.165, 1.54) is 11.3 Å². The Hall–Kier alpha value is -2.03. The second kappa shape index (κ2) is 7.47. The highest BCUT2D eigenvalue weighted by molar-refractivity contribution is 7.91. The first-order valence-corrected chi connectivity index (χ1v) is 10.3. The van der Waals surface area contributed by atoms with Gasteiger partial charge in [0.15, 0.2) is 0 Å². The zero-order valence-corrected chi connectivity index (χ0v) is 15.7. The third-order valence-electron chi connectivity index (χ3n) is 3.99. The summed E-state index contributed by atoms with van der Waals surface area (Å²) >= 11 is 1.26. The summed E-state index contributed by atoms with van der Waals surface area (Å²) in [6.45, 7) is 4.33. The van der Waals surface area contributed by atoms with Crippen LogP contribution in [0, 0.1) is 13.8 Å². The van der Waals surface area contributed by atoms with Gasteiger partial charge in [-0.05, 0) is 62.1 Å². The minimum atomic E-state index is -3.48. The van der Waals surface area contributed by atoms with Crippen LogP contribution in [0.1, 0.15) is 23.4 Å². The highest BCUT2D eigenvalue weighted by Gasteiger charge is 2.17. The van der Waals surface area contributed by atoms with Crippen molar-refractivity contribution in [1.82, 2.24) is 19.9 Å². The van der Waals surface area contributed by atoms with Crippen LogP contribution >= 0.6 is 11.3 Å². The molecule has 25 heavy (non-hydrogen) atoms. The van der Waals surface area contributed by atoms with Crippen LogP contribution < -0.4 is 4.72 Å². The smallest absolute Gasteiger partial charge is 0.250 e. The molecule has 3 rings (SSSR count). The van der Waals surface area contributed by atoms with E-state index in [2.05, 4.69) is 19.9 Å². The normalized spacial score (nSPS) is 11.8. The van der Waals surface area contributed by atoms with Gasteiger partial charge in [-0.1, -0.05) is 0 Å². The minimum Gasteiger partial charge on any atom is -0.282 e. The lowest BCUT2D eigenvalue weighted by atomic mass is 10.1. The molecule has 0 aliphatic rings. The maximum Gasteiger partial charge on any atom is 0.250 e. The number of hydrogen-bond acceptors (Lipinski definition) is 5. The number of rotatable bonds is 7. The molecule has 0 radical (unpaired) electrons. The number of H-pyrrole nitrogens is 1. The van der Waals surface area contributed by atoms with Crippen molar-refractivity contribution >= 4 is 21.4 Å². The van der Waals surface area contributed by atoms with E-state index in [0.717, 1.165) is 40.2 Å². The summed E-state index contributed by atoms with van der Waals surface area (Å²) < 4.78 is 27.9. The number of nitrogens with one attached hydrogen (secondary N) is 2. The van der Waals surface area contributed by atoms with E-state index in [4.69, 9.17) is 0 Å². The lowest BCUT2D eigenvalue weighted by molar-refractivity contribution is 0.581. The third-order valence-corrected chi connectivity index (χ3v) is 7.07. The van der Waals surface area contributed by atoms with E-state index >= 15 is 0 Å². The molecule has 0 atom stereocenters. The van der Waals surface area contributed by atoms with Crippen LogP contribution in [0.4, 0.5) is 0 Å². The molecule has 0 aliphatic heterocycles. The Labute approximate surface area is 151 Å². The monoisotopic (exact) mass is 376 g/mol. The minimum absolute atomic E-state index is 0.329. The quantitative estimate of drug-likeness (QED) is 0.620. The van der Waals surface area contributed by atoms with E-state index in [-0.39, 0.29) is 0 Å². The Bertz CT molecular complexity index is 927. The average Bonchev–Trinajstić information content (AvgIpc) is 3.22. The zero-order chi connectivity index (χ0) is 17.9. The van der Waals surface area contributed by atoms with Gasteiger partial charge in [-0.25, -0.2) is 13.1 Å². The van der Waals surface area contributed by atoms with Crippen molar-refractivity contribution in [2.45, 2.75) is 30.9 Å². The second-order valence-corrected chi connectivity index (χ2v) is 8.85. The molecule has 0 spiro atoms. The van der Waals surface area contributed by atoms with E-state index in [0.29, 0.717) is 10.8 Å². The summed E-state index contributed by atoms with van der Waals surface area (Å²) in [6.07, 6.45) is 4.91. The first-order chi connectivity index (χ1) is 12.0. The van der Waals surface area contributed by atoms with Gasteiger partial charge < -0.3 is 0 Å². The standard InChI is InChI=1S/C17H20N4O2S2/c1-12-15(13(2)21-20-12)4-3-9-19-25(22,23)17-6-5-16(24-17)14-7-10-18-11-8-14/h5-8,10-11,19H,3-4,9H2,1-2H3,(H,20,21). The van der Waals surface area contributed by atoms with Crippen molar-refractivity contribution in [1.29, 1.82) is 0 Å². The Kier molecular flexibility index (Phi) is 5.31. The predicted octanol–water partition coefficient (Wildman–Crippen LogP) is 3.06. The topological polar surface area (TPSA) is 87.7 Å². The fourth-order valence-electron chi connectivity index (χ4n) is 2.62. The first kappa shape index (κ1) is 17.8. The summed E-state index contributed by atoms with van der Waals surface area (Å²) in [5, 5.41) is 7.10. The lowest BCUT2D eigenvalue weighted by Crippen LogP contribution is -2.24. The van der Waals surface area contributed by atoms with Crippen LogP contribution in [0.5, 0.6) is 0 Å². The van der Waals surface area contributed by atoms with E-state index in [1.54, 1.807) is 18.5 Å². The Morgan fingerprint density at radius 1 is 1.16 bits per heavy atom. The molecule has 0 unspecified atom stereocenters. The maximum atomic E-state index is 12.4. The highest BCUT2D eigenvalue weighted by atomic mass is 32.2. The van der Waals surface area contributed by atoms with Gasteiger partial charge >= 0.3 is 0 Å².